The molecule has 21 heteroatoms. The smallest absolute Gasteiger partial charge is 0.333 e. The number of sulfone groups is 3. The van der Waals surface area contributed by atoms with Crippen LogP contribution >= 0.6 is 23.2 Å². The summed E-state index contributed by atoms with van der Waals surface area (Å²) in [4.78, 5) is 30.0. The molecule has 0 aliphatic carbocycles. The molecule has 0 fully saturated rings. The van der Waals surface area contributed by atoms with Crippen molar-refractivity contribution in [2.24, 2.45) is 7.05 Å². The molecule has 2 heterocycles. The number of benzene rings is 12. The summed E-state index contributed by atoms with van der Waals surface area (Å²) in [5.41, 5.74) is 8.35. The zero-order valence-electron chi connectivity index (χ0n) is 51.6. The first-order valence-corrected chi connectivity index (χ1v) is 34.9. The highest BCUT2D eigenvalue weighted by Gasteiger charge is 2.21. The number of aromatic amines is 2. The number of ether oxygens (including phenoxy) is 2. The highest BCUT2D eigenvalue weighted by molar-refractivity contribution is 7.92. The molecule has 0 bridgehead atoms. The van der Waals surface area contributed by atoms with Crippen molar-refractivity contribution >= 4 is 74.8 Å². The largest absolute Gasteiger partial charge is 0.508 e. The van der Waals surface area contributed by atoms with Gasteiger partial charge < -0.3 is 29.7 Å². The molecule has 0 radical (unpaired) electrons. The van der Waals surface area contributed by atoms with Crippen molar-refractivity contribution in [1.82, 2.24) is 19.1 Å². The molecule has 2 aromatic heterocycles. The summed E-state index contributed by atoms with van der Waals surface area (Å²) in [7, 11) is -9.24. The van der Waals surface area contributed by atoms with E-state index >= 15 is 0 Å². The van der Waals surface area contributed by atoms with Gasteiger partial charge in [0.25, 0.3) is 0 Å². The van der Waals surface area contributed by atoms with E-state index in [-0.39, 0.29) is 52.3 Å². The predicted molar refractivity (Wildman–Crippen MR) is 378 cm³/mol. The third-order valence-electron chi connectivity index (χ3n) is 15.2. The zero-order chi connectivity index (χ0) is 68.4. The van der Waals surface area contributed by atoms with Crippen LogP contribution in [0, 0.1) is 6.92 Å². The molecule has 12 aromatic carbocycles. The number of imidazole rings is 2. The molecule has 14 aromatic rings. The second-order valence-electron chi connectivity index (χ2n) is 21.8. The van der Waals surface area contributed by atoms with Gasteiger partial charge in [-0.15, -0.1) is 0 Å². The number of fused-ring (bicyclic) bond motifs is 2. The Morgan fingerprint density at radius 3 is 0.979 bits per heavy atom. The number of phenolic OH excluding ortho intramolecular Hbond substituents is 2. The lowest BCUT2D eigenvalue weighted by molar-refractivity contribution is 0.474. The van der Waals surface area contributed by atoms with Gasteiger partial charge in [0.15, 0.2) is 0 Å². The maximum atomic E-state index is 13.5. The van der Waals surface area contributed by atoms with Gasteiger partial charge in [0.05, 0.1) is 57.1 Å². The molecular formula is C76H58Cl2N4O12S3. The van der Waals surface area contributed by atoms with Crippen LogP contribution in [-0.2, 0) is 36.6 Å². The quantitative estimate of drug-likeness (QED) is 0.0843. The number of H-pyrrole nitrogens is 2. The Morgan fingerprint density at radius 2 is 0.629 bits per heavy atom. The van der Waals surface area contributed by atoms with Crippen LogP contribution in [0.25, 0.3) is 50.0 Å². The van der Waals surface area contributed by atoms with E-state index in [4.69, 9.17) is 42.9 Å². The lowest BCUT2D eigenvalue weighted by Gasteiger charge is -2.10. The van der Waals surface area contributed by atoms with Gasteiger partial charge in [0.1, 0.15) is 34.5 Å². The molecule has 0 saturated heterocycles. The van der Waals surface area contributed by atoms with Gasteiger partial charge in [-0.3, -0.25) is 9.13 Å². The summed E-state index contributed by atoms with van der Waals surface area (Å²) in [5.74, 6) is 2.68. The molecule has 4 N–H and O–H groups in total. The maximum Gasteiger partial charge on any atom is 0.333 e. The van der Waals surface area contributed by atoms with Crippen LogP contribution in [0.1, 0.15) is 5.56 Å². The number of nitrogens with one attached hydrogen (secondary N) is 2. The molecule has 0 aliphatic heterocycles. The fourth-order valence-corrected chi connectivity index (χ4v) is 14.1. The van der Waals surface area contributed by atoms with Gasteiger partial charge in [-0.25, -0.2) is 34.8 Å². The SMILES string of the molecule is Cc1ccc(S(=O)(=O)c2ccc(Oc3ccc(-c4ccc(Oc5ccc(S(=O)(=O)c6ccc(-n7c(=O)n(C)c8ccccc87)cc6)cc5)cc4)cc3)cc2)cc1.O=S(=O)(c1ccc(Cl)cc1)c1ccc(Cl)cc1.O=c1[nH]c2ccccc2[nH]1.Oc1ccc(-c2ccc(O)cc2)cc1. The zero-order valence-corrected chi connectivity index (χ0v) is 55.5. The molecule has 97 heavy (non-hydrogen) atoms. The van der Waals surface area contributed by atoms with Gasteiger partial charge in [-0.1, -0.05) is 114 Å². The van der Waals surface area contributed by atoms with Crippen molar-refractivity contribution in [2.75, 3.05) is 0 Å². The van der Waals surface area contributed by atoms with Crippen molar-refractivity contribution < 1.29 is 44.9 Å². The fraction of sp³-hybridized carbons (Fsp3) is 0.0263. The summed E-state index contributed by atoms with van der Waals surface area (Å²) in [6.45, 7) is 1.91. The Balaban J connectivity index is 0.000000184. The first-order valence-electron chi connectivity index (χ1n) is 29.7. The molecule has 0 spiro atoms. The van der Waals surface area contributed by atoms with E-state index in [9.17, 15) is 34.8 Å². The van der Waals surface area contributed by atoms with E-state index in [1.165, 1.54) is 60.7 Å². The van der Waals surface area contributed by atoms with Gasteiger partial charge in [-0.05, 0) is 235 Å². The van der Waals surface area contributed by atoms with Crippen LogP contribution in [0.2, 0.25) is 10.0 Å². The van der Waals surface area contributed by atoms with Gasteiger partial charge in [-0.2, -0.15) is 0 Å². The van der Waals surface area contributed by atoms with Crippen LogP contribution in [0.4, 0.5) is 0 Å². The molecule has 14 rings (SSSR count). The Labute approximate surface area is 568 Å². The van der Waals surface area contributed by atoms with Crippen molar-refractivity contribution in [3.05, 3.63) is 328 Å². The first-order chi connectivity index (χ1) is 46.6. The standard InChI is InChI=1S/C45H34N2O7S2.C12H8Cl2O2S.C12H10O2.C7H6N2O/c1-31-7-23-39(24-8-31)55(49,50)41-27-19-37(20-28-41)53-35-15-9-32(10-16-35)33-11-17-36(18-12-33)54-38-21-29-42(30-22-38)56(51,52)40-25-13-34(14-26-40)47-44-6-4-3-5-43(44)46(2)45(47)48;13-9-1-5-11(6-2-9)17(15,16)12-7-3-10(14)4-8-12;13-11-5-1-9(2-6-11)10-3-7-12(14)8-4-10;10-7-8-5-3-1-2-4-6(5)9-7/h3-30H,1-2H3;1-8H;1-8,13-14H;1-4H,(H2,8,9,10). The fourth-order valence-electron chi connectivity index (χ4n) is 10.0. The monoisotopic (exact) mass is 1380 g/mol. The Hall–Kier alpha value is -11.2. The molecule has 486 valence electrons. The van der Waals surface area contributed by atoms with Crippen molar-refractivity contribution in [2.45, 2.75) is 36.3 Å². The minimum Gasteiger partial charge on any atom is -0.508 e. The van der Waals surface area contributed by atoms with E-state index in [0.29, 0.717) is 38.7 Å². The number of aryl methyl sites for hydroxylation is 2. The third-order valence-corrected chi connectivity index (χ3v) is 21.1. The van der Waals surface area contributed by atoms with E-state index in [2.05, 4.69) is 9.97 Å². The number of para-hydroxylation sites is 4. The lowest BCUT2D eigenvalue weighted by Crippen LogP contribution is -2.20. The molecule has 0 amide bonds. The van der Waals surface area contributed by atoms with Crippen LogP contribution in [-0.4, -0.2) is 54.6 Å². The summed E-state index contributed by atoms with van der Waals surface area (Å²) in [5, 5.41) is 19.2. The number of phenols is 2. The lowest BCUT2D eigenvalue weighted by atomic mass is 10.1. The van der Waals surface area contributed by atoms with Crippen LogP contribution in [0.15, 0.2) is 330 Å². The summed E-state index contributed by atoms with van der Waals surface area (Å²) in [6, 6.07) is 81.6. The van der Waals surface area contributed by atoms with E-state index in [1.54, 1.807) is 125 Å². The second-order valence-corrected chi connectivity index (χ2v) is 28.5. The van der Waals surface area contributed by atoms with E-state index < -0.39 is 29.5 Å². The minimum atomic E-state index is -3.83. The molecule has 0 unspecified atom stereocenters. The molecule has 0 saturated carbocycles. The molecule has 16 nitrogen and oxygen atoms in total. The Kier molecular flexibility index (Phi) is 20.2. The molecule has 0 atom stereocenters. The second kappa shape index (κ2) is 29.2. The normalized spacial score (nSPS) is 11.3. The highest BCUT2D eigenvalue weighted by atomic mass is 35.5. The highest BCUT2D eigenvalue weighted by Crippen LogP contribution is 2.33. The van der Waals surface area contributed by atoms with Crippen LogP contribution in [0.5, 0.6) is 34.5 Å². The third kappa shape index (κ3) is 16.0. The van der Waals surface area contributed by atoms with Gasteiger partial charge in [0.2, 0.25) is 29.5 Å². The Bertz CT molecular complexity index is 5410. The molecular weight excluding hydrogens is 1330 g/mol. The number of hydrogen-bond acceptors (Lipinski definition) is 12. The van der Waals surface area contributed by atoms with Crippen LogP contribution < -0.4 is 20.9 Å². The topological polar surface area (TPSA) is 237 Å². The Morgan fingerprint density at radius 1 is 0.351 bits per heavy atom. The van der Waals surface area contributed by atoms with Crippen LogP contribution in [0.3, 0.4) is 0 Å². The number of aromatic hydroxyl groups is 2. The first kappa shape index (κ1) is 67.2. The maximum absolute atomic E-state index is 13.5. The van der Waals surface area contributed by atoms with Crippen molar-refractivity contribution in [1.29, 1.82) is 0 Å². The number of rotatable bonds is 13. The summed E-state index contributed by atoms with van der Waals surface area (Å²) < 4.78 is 92.4. The van der Waals surface area contributed by atoms with Gasteiger partial charge >= 0.3 is 11.4 Å². The number of aromatic nitrogens is 4. The minimum absolute atomic E-state index is 0.110. The summed E-state index contributed by atoms with van der Waals surface area (Å²) in [6.07, 6.45) is 0. The number of halogens is 2. The predicted octanol–water partition coefficient (Wildman–Crippen LogP) is 17.0. The van der Waals surface area contributed by atoms with Crippen molar-refractivity contribution in [3.63, 3.8) is 0 Å². The average molecular weight is 1390 g/mol. The van der Waals surface area contributed by atoms with Crippen molar-refractivity contribution in [3.8, 4) is 62.4 Å². The average Bonchev–Trinajstić information content (AvgIpc) is 1.75. The number of hydrogen-bond donors (Lipinski definition) is 4. The summed E-state index contributed by atoms with van der Waals surface area (Å²) >= 11 is 11.4. The molecule has 0 aliphatic rings. The van der Waals surface area contributed by atoms with E-state index in [0.717, 1.165) is 49.9 Å². The van der Waals surface area contributed by atoms with E-state index in [1.807, 2.05) is 128 Å². The number of nitrogens with zero attached hydrogens (tertiary/aromatic N) is 2. The van der Waals surface area contributed by atoms with Gasteiger partial charge in [0, 0.05) is 17.1 Å².